The van der Waals surface area contributed by atoms with Gasteiger partial charge in [0.25, 0.3) is 11.8 Å². The van der Waals surface area contributed by atoms with Crippen molar-refractivity contribution in [3.8, 4) is 5.75 Å². The van der Waals surface area contributed by atoms with Gasteiger partial charge in [0, 0.05) is 11.8 Å². The summed E-state index contributed by atoms with van der Waals surface area (Å²) in [5, 5.41) is 6.60. The number of hydrogen-bond donors (Lipinski definition) is 2. The molecule has 2 aromatic rings. The van der Waals surface area contributed by atoms with E-state index < -0.39 is 11.5 Å². The van der Waals surface area contributed by atoms with Crippen LogP contribution in [0.15, 0.2) is 47.7 Å². The summed E-state index contributed by atoms with van der Waals surface area (Å²) in [6.45, 7) is 3.36. The van der Waals surface area contributed by atoms with E-state index >= 15 is 0 Å². The van der Waals surface area contributed by atoms with Crippen LogP contribution in [0.3, 0.4) is 0 Å². The Morgan fingerprint density at radius 2 is 2.17 bits per heavy atom. The summed E-state index contributed by atoms with van der Waals surface area (Å²) in [7, 11) is 0. The number of ether oxygens (including phenoxy) is 1. The van der Waals surface area contributed by atoms with Crippen molar-refractivity contribution >= 4 is 23.7 Å². The Kier molecular flexibility index (Phi) is 3.99. The number of carbonyl (C=O) groups is 2. The maximum absolute atomic E-state index is 12.1. The van der Waals surface area contributed by atoms with Crippen LogP contribution in [0.2, 0.25) is 0 Å². The van der Waals surface area contributed by atoms with Gasteiger partial charge >= 0.3 is 0 Å². The molecule has 1 aromatic heterocycles. The summed E-state index contributed by atoms with van der Waals surface area (Å²) in [6, 6.07) is 10.2. The number of carbonyl (C=O) groups excluding carboxylic acids is 2. The summed E-state index contributed by atoms with van der Waals surface area (Å²) in [5.41, 5.74) is 2.92. The lowest BCUT2D eigenvalue weighted by Crippen LogP contribution is -2.45. The van der Waals surface area contributed by atoms with Crippen molar-refractivity contribution in [3.05, 3.63) is 53.9 Å². The molecule has 24 heavy (non-hydrogen) atoms. The van der Waals surface area contributed by atoms with Crippen LogP contribution in [0.1, 0.15) is 29.9 Å². The maximum atomic E-state index is 12.1. The fraction of sp³-hybridized carbons (Fsp3) is 0.176. The molecule has 0 unspecified atom stereocenters. The normalized spacial score (nSPS) is 15.3. The molecular weight excluding hydrogens is 308 g/mol. The van der Waals surface area contributed by atoms with Gasteiger partial charge < -0.3 is 10.1 Å². The number of fused-ring (bicyclic) bond motifs is 1. The molecular formula is C17H16N4O3. The van der Waals surface area contributed by atoms with E-state index in [0.717, 1.165) is 0 Å². The van der Waals surface area contributed by atoms with Gasteiger partial charge in [0.15, 0.2) is 5.60 Å². The number of pyridine rings is 1. The van der Waals surface area contributed by atoms with Gasteiger partial charge in [-0.25, -0.2) is 5.43 Å². The highest BCUT2D eigenvalue weighted by Crippen LogP contribution is 2.34. The second-order valence-corrected chi connectivity index (χ2v) is 5.73. The highest BCUT2D eigenvalue weighted by molar-refractivity contribution is 6.02. The fourth-order valence-corrected chi connectivity index (χ4v) is 2.13. The predicted octanol–water partition coefficient (Wildman–Crippen LogP) is 1.95. The van der Waals surface area contributed by atoms with Crippen molar-refractivity contribution in [2.75, 3.05) is 5.32 Å². The molecule has 0 bridgehead atoms. The van der Waals surface area contributed by atoms with Crippen LogP contribution in [0, 0.1) is 0 Å². The first-order valence-electron chi connectivity index (χ1n) is 7.35. The van der Waals surface area contributed by atoms with Gasteiger partial charge in [0.2, 0.25) is 0 Å². The van der Waals surface area contributed by atoms with Crippen LogP contribution < -0.4 is 15.5 Å². The number of anilines is 1. The molecule has 1 aliphatic heterocycles. The summed E-state index contributed by atoms with van der Waals surface area (Å²) >= 11 is 0. The van der Waals surface area contributed by atoms with Gasteiger partial charge in [0.05, 0.1) is 17.6 Å². The maximum Gasteiger partial charge on any atom is 0.271 e. The molecule has 0 radical (unpaired) electrons. The average Bonchev–Trinajstić information content (AvgIpc) is 2.56. The first-order valence-corrected chi connectivity index (χ1v) is 7.35. The van der Waals surface area contributed by atoms with Crippen molar-refractivity contribution in [3.63, 3.8) is 0 Å². The summed E-state index contributed by atoms with van der Waals surface area (Å²) in [4.78, 5) is 28.1. The molecule has 7 heteroatoms. The third-order valence-electron chi connectivity index (χ3n) is 3.45. The summed E-state index contributed by atoms with van der Waals surface area (Å²) < 4.78 is 5.62. The second-order valence-electron chi connectivity index (χ2n) is 5.73. The number of nitrogens with one attached hydrogen (secondary N) is 2. The molecule has 2 heterocycles. The second kappa shape index (κ2) is 6.11. The summed E-state index contributed by atoms with van der Waals surface area (Å²) in [5.74, 6) is -0.141. The molecule has 2 amide bonds. The van der Waals surface area contributed by atoms with Crippen molar-refractivity contribution in [2.45, 2.75) is 19.4 Å². The van der Waals surface area contributed by atoms with Crippen molar-refractivity contribution in [1.29, 1.82) is 0 Å². The van der Waals surface area contributed by atoms with E-state index in [-0.39, 0.29) is 5.91 Å². The Bertz CT molecular complexity index is 816. The standard InChI is InChI=1S/C17H16N4O3/c1-17(2)16(23)20-13-9-11(6-7-14(13)24-17)15(22)21-19-10-12-5-3-4-8-18-12/h3-10H,1-2H3,(H,20,23)(H,21,22). The quantitative estimate of drug-likeness (QED) is 0.667. The van der Waals surface area contributed by atoms with Gasteiger partial charge in [-0.1, -0.05) is 6.07 Å². The van der Waals surface area contributed by atoms with E-state index in [0.29, 0.717) is 22.7 Å². The minimum Gasteiger partial charge on any atom is -0.476 e. The van der Waals surface area contributed by atoms with Gasteiger partial charge in [-0.05, 0) is 44.2 Å². The molecule has 3 rings (SSSR count). The SMILES string of the molecule is CC1(C)Oc2ccc(C(=O)NN=Cc3ccccn3)cc2NC1=O. The molecule has 0 saturated heterocycles. The van der Waals surface area contributed by atoms with Crippen molar-refractivity contribution in [2.24, 2.45) is 5.10 Å². The Hall–Kier alpha value is -3.22. The first kappa shape index (κ1) is 15.7. The number of amides is 2. The molecule has 1 aromatic carbocycles. The third kappa shape index (κ3) is 3.24. The van der Waals surface area contributed by atoms with E-state index in [4.69, 9.17) is 4.74 Å². The highest BCUT2D eigenvalue weighted by Gasteiger charge is 2.35. The molecule has 0 fully saturated rings. The molecule has 0 spiro atoms. The molecule has 0 aliphatic carbocycles. The van der Waals surface area contributed by atoms with E-state index in [9.17, 15) is 9.59 Å². The Labute approximate surface area is 138 Å². The smallest absolute Gasteiger partial charge is 0.271 e. The molecule has 7 nitrogen and oxygen atoms in total. The van der Waals surface area contributed by atoms with Crippen LogP contribution in [0.5, 0.6) is 5.75 Å². The minimum atomic E-state index is -0.941. The van der Waals surface area contributed by atoms with E-state index in [1.165, 1.54) is 6.21 Å². The monoisotopic (exact) mass is 324 g/mol. The van der Waals surface area contributed by atoms with E-state index in [1.807, 2.05) is 6.07 Å². The van der Waals surface area contributed by atoms with Gasteiger partial charge in [-0.15, -0.1) is 0 Å². The molecule has 122 valence electrons. The lowest BCUT2D eigenvalue weighted by Gasteiger charge is -2.31. The van der Waals surface area contributed by atoms with Gasteiger partial charge in [-0.2, -0.15) is 5.10 Å². The van der Waals surface area contributed by atoms with Gasteiger partial charge in [-0.3, -0.25) is 14.6 Å². The molecule has 0 atom stereocenters. The van der Waals surface area contributed by atoms with Crippen molar-refractivity contribution < 1.29 is 14.3 Å². The zero-order chi connectivity index (χ0) is 17.2. The minimum absolute atomic E-state index is 0.263. The Morgan fingerprint density at radius 1 is 1.33 bits per heavy atom. The Balaban J connectivity index is 1.72. The Morgan fingerprint density at radius 3 is 2.92 bits per heavy atom. The average molecular weight is 324 g/mol. The first-order chi connectivity index (χ1) is 11.5. The molecule has 0 saturated carbocycles. The lowest BCUT2D eigenvalue weighted by atomic mass is 10.0. The van der Waals surface area contributed by atoms with Crippen LogP contribution >= 0.6 is 0 Å². The van der Waals surface area contributed by atoms with Crippen LogP contribution in [0.25, 0.3) is 0 Å². The summed E-state index contributed by atoms with van der Waals surface area (Å²) in [6.07, 6.45) is 3.08. The number of hydrogen-bond acceptors (Lipinski definition) is 5. The highest BCUT2D eigenvalue weighted by atomic mass is 16.5. The molecule has 2 N–H and O–H groups in total. The van der Waals surface area contributed by atoms with Gasteiger partial charge in [0.1, 0.15) is 5.75 Å². The number of rotatable bonds is 3. The zero-order valence-electron chi connectivity index (χ0n) is 13.2. The number of aromatic nitrogens is 1. The topological polar surface area (TPSA) is 92.7 Å². The van der Waals surface area contributed by atoms with Crippen LogP contribution in [-0.4, -0.2) is 28.6 Å². The third-order valence-corrected chi connectivity index (χ3v) is 3.45. The number of hydrazone groups is 1. The predicted molar refractivity (Wildman–Crippen MR) is 89.1 cm³/mol. The van der Waals surface area contributed by atoms with E-state index in [1.54, 1.807) is 50.4 Å². The number of nitrogens with zero attached hydrogens (tertiary/aromatic N) is 2. The fourth-order valence-electron chi connectivity index (χ4n) is 2.13. The zero-order valence-corrected chi connectivity index (χ0v) is 13.2. The van der Waals surface area contributed by atoms with Crippen LogP contribution in [-0.2, 0) is 4.79 Å². The van der Waals surface area contributed by atoms with Crippen LogP contribution in [0.4, 0.5) is 5.69 Å². The number of benzene rings is 1. The largest absolute Gasteiger partial charge is 0.476 e. The van der Waals surface area contributed by atoms with Crippen molar-refractivity contribution in [1.82, 2.24) is 10.4 Å². The lowest BCUT2D eigenvalue weighted by molar-refractivity contribution is -0.129. The molecule has 1 aliphatic rings. The van der Waals surface area contributed by atoms with E-state index in [2.05, 4.69) is 20.8 Å².